The zero-order valence-corrected chi connectivity index (χ0v) is 21.1. The maximum atomic E-state index is 12.5. The normalized spacial score (nSPS) is 11.0. The predicted molar refractivity (Wildman–Crippen MR) is 130 cm³/mol. The maximum Gasteiger partial charge on any atom is 0.311 e. The molecule has 0 saturated heterocycles. The summed E-state index contributed by atoms with van der Waals surface area (Å²) in [5, 5.41) is 16.7. The van der Waals surface area contributed by atoms with E-state index in [9.17, 15) is 9.59 Å². The molecule has 172 valence electrons. The number of thiophene rings is 1. The Bertz CT molecular complexity index is 1070. The minimum Gasteiger partial charge on any atom is -0.466 e. The molecule has 32 heavy (non-hydrogen) atoms. The van der Waals surface area contributed by atoms with Gasteiger partial charge in [-0.3, -0.25) is 9.59 Å². The van der Waals surface area contributed by atoms with Gasteiger partial charge in [0.25, 0.3) is 0 Å². The van der Waals surface area contributed by atoms with Crippen molar-refractivity contribution in [2.75, 3.05) is 17.7 Å². The van der Waals surface area contributed by atoms with Crippen molar-refractivity contribution in [3.05, 3.63) is 26.9 Å². The van der Waals surface area contributed by atoms with Crippen molar-refractivity contribution >= 4 is 51.4 Å². The highest BCUT2D eigenvalue weighted by Gasteiger charge is 2.19. The summed E-state index contributed by atoms with van der Waals surface area (Å²) >= 11 is 4.37. The Morgan fingerprint density at radius 2 is 2.00 bits per heavy atom. The van der Waals surface area contributed by atoms with Crippen molar-refractivity contribution in [1.29, 1.82) is 0 Å². The van der Waals surface area contributed by atoms with Crippen LogP contribution >= 0.6 is 34.4 Å². The zero-order chi connectivity index (χ0) is 23.1. The third-order valence-electron chi connectivity index (χ3n) is 4.62. The molecule has 8 nitrogen and oxygen atoms in total. The molecule has 0 radical (unpaired) electrons. The number of ether oxygens (including phenoxy) is 1. The number of amides is 1. The van der Waals surface area contributed by atoms with E-state index in [2.05, 4.69) is 51.2 Å². The van der Waals surface area contributed by atoms with Gasteiger partial charge in [0.2, 0.25) is 5.91 Å². The Balaban J connectivity index is 1.64. The molecule has 0 aliphatic heterocycles. The van der Waals surface area contributed by atoms with Crippen LogP contribution in [0.3, 0.4) is 0 Å². The van der Waals surface area contributed by atoms with E-state index in [1.54, 1.807) is 23.6 Å². The summed E-state index contributed by atoms with van der Waals surface area (Å²) < 4.78 is 7.02. The minimum absolute atomic E-state index is 0.0969. The monoisotopic (exact) mass is 493 g/mol. The van der Waals surface area contributed by atoms with E-state index in [0.717, 1.165) is 35.9 Å². The summed E-state index contributed by atoms with van der Waals surface area (Å²) in [4.78, 5) is 29.6. The van der Waals surface area contributed by atoms with E-state index in [-0.39, 0.29) is 24.1 Å². The Morgan fingerprint density at radius 1 is 1.19 bits per heavy atom. The van der Waals surface area contributed by atoms with Crippen LogP contribution in [0, 0.1) is 6.92 Å². The van der Waals surface area contributed by atoms with E-state index in [1.807, 2.05) is 0 Å². The number of rotatable bonds is 11. The number of hydrogen-bond donors (Lipinski definition) is 1. The number of aryl methyl sites for hydroxylation is 1. The van der Waals surface area contributed by atoms with Crippen LogP contribution in [0.4, 0.5) is 5.13 Å². The smallest absolute Gasteiger partial charge is 0.311 e. The lowest BCUT2D eigenvalue weighted by Crippen LogP contribution is -2.15. The lowest BCUT2D eigenvalue weighted by atomic mass is 10.1. The van der Waals surface area contributed by atoms with E-state index in [0.29, 0.717) is 17.4 Å². The van der Waals surface area contributed by atoms with Gasteiger partial charge in [-0.05, 0) is 32.3 Å². The molecule has 11 heteroatoms. The molecule has 3 heterocycles. The fourth-order valence-electron chi connectivity index (χ4n) is 3.22. The van der Waals surface area contributed by atoms with Crippen LogP contribution in [0.1, 0.15) is 43.3 Å². The molecule has 0 fully saturated rings. The Morgan fingerprint density at radius 3 is 2.72 bits per heavy atom. The quantitative estimate of drug-likeness (QED) is 0.308. The van der Waals surface area contributed by atoms with E-state index in [4.69, 9.17) is 4.74 Å². The fraction of sp³-hybridized carbons (Fsp3) is 0.476. The highest BCUT2D eigenvalue weighted by molar-refractivity contribution is 7.99. The van der Waals surface area contributed by atoms with E-state index in [1.165, 1.54) is 33.5 Å². The van der Waals surface area contributed by atoms with Crippen molar-refractivity contribution in [3.8, 4) is 11.4 Å². The van der Waals surface area contributed by atoms with Crippen molar-refractivity contribution in [2.24, 2.45) is 0 Å². The van der Waals surface area contributed by atoms with E-state index >= 15 is 0 Å². The molecule has 1 N–H and O–H groups in total. The third kappa shape index (κ3) is 5.96. The van der Waals surface area contributed by atoms with Gasteiger partial charge < -0.3 is 14.6 Å². The Hall–Kier alpha value is -2.24. The fourth-order valence-corrected chi connectivity index (χ4v) is 5.65. The molecular weight excluding hydrogens is 466 g/mol. The van der Waals surface area contributed by atoms with Gasteiger partial charge in [-0.1, -0.05) is 25.6 Å². The molecule has 3 rings (SSSR count). The summed E-state index contributed by atoms with van der Waals surface area (Å²) in [7, 11) is 0. The highest BCUT2D eigenvalue weighted by atomic mass is 32.2. The highest BCUT2D eigenvalue weighted by Crippen LogP contribution is 2.32. The molecule has 0 unspecified atom stereocenters. The number of nitrogens with zero attached hydrogens (tertiary/aromatic N) is 4. The van der Waals surface area contributed by atoms with Crippen LogP contribution < -0.4 is 5.32 Å². The van der Waals surface area contributed by atoms with Gasteiger partial charge in [-0.15, -0.1) is 32.9 Å². The lowest BCUT2D eigenvalue weighted by molar-refractivity contribution is -0.142. The topological polar surface area (TPSA) is 99.0 Å². The van der Waals surface area contributed by atoms with Crippen LogP contribution in [-0.2, 0) is 33.7 Å². The standard InChI is InChI=1S/C21H27N5O3S3/c1-5-8-26-19(16-11-30-13(4)15(16)6-2)24-25-21(26)32-12-17(27)23-20-22-14(10-31-20)9-18(28)29-7-3/h10-11H,5-9,12H2,1-4H3,(H,22,23,27). The molecule has 3 aromatic heterocycles. The molecular formula is C21H27N5O3S3. The van der Waals surface area contributed by atoms with Gasteiger partial charge in [-0.2, -0.15) is 0 Å². The second-order valence-electron chi connectivity index (χ2n) is 6.96. The summed E-state index contributed by atoms with van der Waals surface area (Å²) in [6.07, 6.45) is 1.98. The van der Waals surface area contributed by atoms with Gasteiger partial charge in [0.1, 0.15) is 0 Å². The van der Waals surface area contributed by atoms with Crippen molar-refractivity contribution in [3.63, 3.8) is 0 Å². The maximum absolute atomic E-state index is 12.5. The second kappa shape index (κ2) is 11.6. The first-order valence-corrected chi connectivity index (χ1v) is 13.2. The number of thiazole rings is 1. The van der Waals surface area contributed by atoms with Gasteiger partial charge in [0.05, 0.1) is 24.5 Å². The number of anilines is 1. The van der Waals surface area contributed by atoms with Gasteiger partial charge in [-0.25, -0.2) is 4.98 Å². The molecule has 3 aromatic rings. The summed E-state index contributed by atoms with van der Waals surface area (Å²) in [5.74, 6) is 0.543. The summed E-state index contributed by atoms with van der Waals surface area (Å²) in [6.45, 7) is 9.27. The van der Waals surface area contributed by atoms with Crippen molar-refractivity contribution < 1.29 is 14.3 Å². The third-order valence-corrected chi connectivity index (χ3v) is 7.35. The number of nitrogens with one attached hydrogen (secondary N) is 1. The van der Waals surface area contributed by atoms with Crippen LogP contribution in [0.5, 0.6) is 0 Å². The molecule has 0 aromatic carbocycles. The number of carbonyl (C=O) groups excluding carboxylic acids is 2. The van der Waals surface area contributed by atoms with E-state index < -0.39 is 0 Å². The molecule has 0 bridgehead atoms. The molecule has 1 amide bonds. The zero-order valence-electron chi connectivity index (χ0n) is 18.6. The van der Waals surface area contributed by atoms with Gasteiger partial charge in [0, 0.05) is 27.7 Å². The molecule has 0 spiro atoms. The number of esters is 1. The van der Waals surface area contributed by atoms with Crippen LogP contribution in [0.2, 0.25) is 0 Å². The van der Waals surface area contributed by atoms with Crippen molar-refractivity contribution in [2.45, 2.75) is 58.7 Å². The van der Waals surface area contributed by atoms with Gasteiger partial charge in [0.15, 0.2) is 16.1 Å². The minimum atomic E-state index is -0.329. The lowest BCUT2D eigenvalue weighted by Gasteiger charge is -2.09. The Kier molecular flexibility index (Phi) is 8.83. The molecule has 0 saturated carbocycles. The second-order valence-corrected chi connectivity index (χ2v) is 9.84. The SMILES string of the molecule is CCCn1c(SCC(=O)Nc2nc(CC(=O)OCC)cs2)nnc1-c1csc(C)c1CC. The van der Waals surface area contributed by atoms with Crippen LogP contribution in [0.25, 0.3) is 11.4 Å². The molecule has 0 aliphatic rings. The molecule has 0 atom stereocenters. The first-order chi connectivity index (χ1) is 15.5. The molecule has 0 aliphatic carbocycles. The summed E-state index contributed by atoms with van der Waals surface area (Å²) in [5.41, 5.74) is 3.02. The first kappa shape index (κ1) is 24.4. The number of carbonyl (C=O) groups is 2. The number of thioether (sulfide) groups is 1. The summed E-state index contributed by atoms with van der Waals surface area (Å²) in [6, 6.07) is 0. The van der Waals surface area contributed by atoms with Gasteiger partial charge >= 0.3 is 5.97 Å². The Labute approximate surface area is 199 Å². The average molecular weight is 494 g/mol. The first-order valence-electron chi connectivity index (χ1n) is 10.5. The predicted octanol–water partition coefficient (Wildman–Crippen LogP) is 4.58. The van der Waals surface area contributed by atoms with Crippen LogP contribution in [-0.4, -0.2) is 44.0 Å². The van der Waals surface area contributed by atoms with Crippen LogP contribution in [0.15, 0.2) is 15.9 Å². The average Bonchev–Trinajstić information content (AvgIpc) is 3.46. The number of aromatic nitrogens is 4. The largest absolute Gasteiger partial charge is 0.466 e. The van der Waals surface area contributed by atoms with Crippen molar-refractivity contribution in [1.82, 2.24) is 19.7 Å². The number of hydrogen-bond acceptors (Lipinski definition) is 9.